The van der Waals surface area contributed by atoms with Crippen LogP contribution in [0.15, 0.2) is 71.8 Å². The molecule has 0 radical (unpaired) electrons. The molecule has 0 fully saturated rings. The zero-order valence-corrected chi connectivity index (χ0v) is 13.7. The van der Waals surface area contributed by atoms with Crippen LogP contribution in [0.5, 0.6) is 0 Å². The predicted molar refractivity (Wildman–Crippen MR) is 97.5 cm³/mol. The van der Waals surface area contributed by atoms with Gasteiger partial charge in [-0.25, -0.2) is 9.50 Å². The van der Waals surface area contributed by atoms with Gasteiger partial charge in [0.05, 0.1) is 17.5 Å². The van der Waals surface area contributed by atoms with E-state index in [1.165, 1.54) is 5.56 Å². The van der Waals surface area contributed by atoms with Crippen LogP contribution in [-0.2, 0) is 0 Å². The Morgan fingerprint density at radius 3 is 2.72 bits per heavy atom. The highest BCUT2D eigenvalue weighted by Gasteiger charge is 2.12. The molecule has 4 rings (SSSR count). The number of aromatic nitrogens is 4. The molecule has 1 atom stereocenters. The number of nitrogens with zero attached hydrogens (tertiary/aromatic N) is 3. The van der Waals surface area contributed by atoms with Crippen molar-refractivity contribution in [2.24, 2.45) is 0 Å². The van der Waals surface area contributed by atoms with Crippen molar-refractivity contribution in [3.63, 3.8) is 0 Å². The Balaban J connectivity index is 1.72. The van der Waals surface area contributed by atoms with E-state index in [1.54, 1.807) is 29.0 Å². The van der Waals surface area contributed by atoms with E-state index in [4.69, 9.17) is 0 Å². The molecule has 0 saturated carbocycles. The molecule has 1 unspecified atom stereocenters. The zero-order chi connectivity index (χ0) is 17.2. The molecule has 6 nitrogen and oxygen atoms in total. The molecule has 6 heteroatoms. The molecule has 3 aromatic heterocycles. The quantitative estimate of drug-likeness (QED) is 0.602. The van der Waals surface area contributed by atoms with Crippen molar-refractivity contribution in [1.82, 2.24) is 19.6 Å². The molecule has 124 valence electrons. The van der Waals surface area contributed by atoms with Crippen molar-refractivity contribution in [1.29, 1.82) is 0 Å². The van der Waals surface area contributed by atoms with E-state index in [9.17, 15) is 4.79 Å². The van der Waals surface area contributed by atoms with Crippen LogP contribution in [0.4, 0.5) is 5.82 Å². The van der Waals surface area contributed by atoms with Crippen LogP contribution in [0.1, 0.15) is 18.5 Å². The molecule has 0 amide bonds. The highest BCUT2D eigenvalue weighted by Crippen LogP contribution is 2.20. The average Bonchev–Trinajstić information content (AvgIpc) is 3.06. The lowest BCUT2D eigenvalue weighted by atomic mass is 10.1. The molecular formula is C19H17N5O. The van der Waals surface area contributed by atoms with E-state index in [1.807, 2.05) is 30.3 Å². The van der Waals surface area contributed by atoms with Gasteiger partial charge in [-0.15, -0.1) is 5.10 Å². The van der Waals surface area contributed by atoms with Crippen molar-refractivity contribution in [2.45, 2.75) is 13.0 Å². The molecule has 0 aliphatic carbocycles. The van der Waals surface area contributed by atoms with Gasteiger partial charge < -0.3 is 10.3 Å². The van der Waals surface area contributed by atoms with Crippen LogP contribution in [0, 0.1) is 0 Å². The summed E-state index contributed by atoms with van der Waals surface area (Å²) >= 11 is 0. The minimum absolute atomic E-state index is 0.109. The lowest BCUT2D eigenvalue weighted by molar-refractivity contribution is 0.847. The Morgan fingerprint density at radius 2 is 1.92 bits per heavy atom. The summed E-state index contributed by atoms with van der Waals surface area (Å²) in [5.41, 5.74) is 2.90. The number of benzene rings is 1. The number of hydrogen-bond donors (Lipinski definition) is 2. The maximum Gasteiger partial charge on any atom is 0.257 e. The summed E-state index contributed by atoms with van der Waals surface area (Å²) in [6.45, 7) is 2.08. The second-order valence-electron chi connectivity index (χ2n) is 5.82. The third-order valence-corrected chi connectivity index (χ3v) is 4.12. The number of anilines is 1. The van der Waals surface area contributed by atoms with Crippen molar-refractivity contribution in [3.8, 4) is 11.3 Å². The fourth-order valence-corrected chi connectivity index (χ4v) is 2.80. The highest BCUT2D eigenvalue weighted by atomic mass is 16.1. The molecule has 0 saturated heterocycles. The predicted octanol–water partition coefficient (Wildman–Crippen LogP) is 3.26. The second kappa shape index (κ2) is 6.24. The van der Waals surface area contributed by atoms with Gasteiger partial charge in [0.2, 0.25) is 0 Å². The summed E-state index contributed by atoms with van der Waals surface area (Å²) in [7, 11) is 0. The molecule has 0 aliphatic rings. The van der Waals surface area contributed by atoms with E-state index in [-0.39, 0.29) is 11.6 Å². The number of aromatic amines is 1. The Bertz CT molecular complexity index is 1070. The molecule has 1 aromatic carbocycles. The molecule has 3 heterocycles. The zero-order valence-electron chi connectivity index (χ0n) is 13.7. The largest absolute Gasteiger partial charge is 0.362 e. The molecular weight excluding hydrogens is 314 g/mol. The number of H-pyrrole nitrogens is 1. The average molecular weight is 331 g/mol. The van der Waals surface area contributed by atoms with Crippen LogP contribution in [0.3, 0.4) is 0 Å². The van der Waals surface area contributed by atoms with Gasteiger partial charge in [-0.05, 0) is 36.8 Å². The van der Waals surface area contributed by atoms with Crippen molar-refractivity contribution < 1.29 is 0 Å². The molecule has 2 N–H and O–H groups in total. The topological polar surface area (TPSA) is 75.1 Å². The van der Waals surface area contributed by atoms with Gasteiger partial charge in [0.25, 0.3) is 5.56 Å². The van der Waals surface area contributed by atoms with Crippen molar-refractivity contribution in [2.75, 3.05) is 5.32 Å². The summed E-state index contributed by atoms with van der Waals surface area (Å²) in [6, 6.07) is 17.6. The van der Waals surface area contributed by atoms with Gasteiger partial charge in [-0.1, -0.05) is 30.3 Å². The number of fused-ring (bicyclic) bond motifs is 1. The smallest absolute Gasteiger partial charge is 0.257 e. The number of nitrogens with one attached hydrogen (secondary N) is 2. The van der Waals surface area contributed by atoms with E-state index in [0.29, 0.717) is 16.9 Å². The first-order valence-electron chi connectivity index (χ1n) is 8.07. The molecule has 25 heavy (non-hydrogen) atoms. The van der Waals surface area contributed by atoms with Gasteiger partial charge in [0.1, 0.15) is 5.82 Å². The monoisotopic (exact) mass is 331 g/mol. The third kappa shape index (κ3) is 2.89. The maximum atomic E-state index is 12.1. The van der Waals surface area contributed by atoms with Gasteiger partial charge in [-0.2, -0.15) is 0 Å². The number of rotatable bonds is 4. The minimum atomic E-state index is -0.165. The van der Waals surface area contributed by atoms with Crippen molar-refractivity contribution in [3.05, 3.63) is 82.9 Å². The Hall–Kier alpha value is -3.41. The number of imidazole rings is 1. The molecule has 4 aromatic rings. The Labute approximate surface area is 144 Å². The second-order valence-corrected chi connectivity index (χ2v) is 5.82. The van der Waals surface area contributed by atoms with E-state index in [2.05, 4.69) is 39.4 Å². The fourth-order valence-electron chi connectivity index (χ4n) is 2.80. The van der Waals surface area contributed by atoms with Crippen molar-refractivity contribution >= 4 is 11.5 Å². The van der Waals surface area contributed by atoms with Gasteiger partial charge >= 0.3 is 0 Å². The Kier molecular flexibility index (Phi) is 3.78. The molecule has 0 aliphatic heterocycles. The summed E-state index contributed by atoms with van der Waals surface area (Å²) in [5, 5.41) is 8.00. The molecule has 0 spiro atoms. The SMILES string of the molecule is CC(Nc1ccc2ncc(-c3ccc[nH]c3=O)n2n1)c1ccccc1. The first-order chi connectivity index (χ1) is 12.2. The summed E-state index contributed by atoms with van der Waals surface area (Å²) < 4.78 is 1.69. The van der Waals surface area contributed by atoms with Crippen LogP contribution in [0.2, 0.25) is 0 Å². The fraction of sp³-hybridized carbons (Fsp3) is 0.105. The standard InChI is InChI=1S/C19H17N5O/c1-13(14-6-3-2-4-7-14)22-17-9-10-18-21-12-16(24(18)23-17)15-8-5-11-20-19(15)25/h2-13H,1H3,(H,20,25)(H,22,23). The number of hydrogen-bond acceptors (Lipinski definition) is 4. The lowest BCUT2D eigenvalue weighted by Gasteiger charge is -2.15. The van der Waals surface area contributed by atoms with Crippen LogP contribution in [0.25, 0.3) is 16.9 Å². The van der Waals surface area contributed by atoms with Crippen LogP contribution < -0.4 is 10.9 Å². The normalized spacial score (nSPS) is 12.2. The minimum Gasteiger partial charge on any atom is -0.362 e. The Morgan fingerprint density at radius 1 is 1.08 bits per heavy atom. The first-order valence-corrected chi connectivity index (χ1v) is 8.07. The summed E-state index contributed by atoms with van der Waals surface area (Å²) in [4.78, 5) is 19.1. The van der Waals surface area contributed by atoms with E-state index in [0.717, 1.165) is 5.82 Å². The first kappa shape index (κ1) is 15.1. The highest BCUT2D eigenvalue weighted by molar-refractivity contribution is 5.62. The third-order valence-electron chi connectivity index (χ3n) is 4.12. The van der Waals surface area contributed by atoms with E-state index < -0.39 is 0 Å². The van der Waals surface area contributed by atoms with Gasteiger partial charge in [0.15, 0.2) is 5.65 Å². The summed E-state index contributed by atoms with van der Waals surface area (Å²) in [6.07, 6.45) is 3.27. The van der Waals surface area contributed by atoms with Gasteiger partial charge in [-0.3, -0.25) is 4.79 Å². The lowest BCUT2D eigenvalue weighted by Crippen LogP contribution is -2.11. The van der Waals surface area contributed by atoms with Crippen LogP contribution in [-0.4, -0.2) is 19.6 Å². The van der Waals surface area contributed by atoms with E-state index >= 15 is 0 Å². The maximum absolute atomic E-state index is 12.1. The van der Waals surface area contributed by atoms with Crippen LogP contribution >= 0.6 is 0 Å². The number of pyridine rings is 1. The summed E-state index contributed by atoms with van der Waals surface area (Å²) in [5.74, 6) is 0.718. The molecule has 0 bridgehead atoms. The van der Waals surface area contributed by atoms with Gasteiger partial charge in [0, 0.05) is 12.2 Å².